The number of benzene rings is 18. The van der Waals surface area contributed by atoms with Crippen molar-refractivity contribution < 1.29 is 8.98 Å². The molecular weight excluding hydrogens is 1400 g/mol. The van der Waals surface area contributed by atoms with E-state index >= 15 is 0 Å². The van der Waals surface area contributed by atoms with Crippen molar-refractivity contribution in [3.05, 3.63) is 398 Å². The molecule has 0 amide bonds. The number of hydrogen-bond donors (Lipinski definition) is 0. The molecule has 0 aliphatic carbocycles. The molecule has 23 rings (SSSR count). The first-order valence-corrected chi connectivity index (χ1v) is 41.0. The third-order valence-corrected chi connectivity index (χ3v) is 25.0. The molecule has 0 unspecified atom stereocenters. The fourth-order valence-corrected chi connectivity index (χ4v) is 18.6. The molecule has 0 aliphatic rings. The number of aromatic nitrogens is 4. The van der Waals surface area contributed by atoms with Crippen LogP contribution in [0.2, 0.25) is 0 Å². The number of furan rings is 1. The Balaban J connectivity index is 0.0000000973. The lowest BCUT2D eigenvalue weighted by Gasteiger charge is -2.15. The number of nitrogens with zero attached hydrogens (tertiary/aromatic N) is 4. The molecule has 7 heteroatoms. The molecular formula is C107H77N4O2P. The molecule has 5 heterocycles. The molecule has 0 N–H and O–H groups in total. The zero-order chi connectivity index (χ0) is 77.0. The predicted molar refractivity (Wildman–Crippen MR) is 487 cm³/mol. The summed E-state index contributed by atoms with van der Waals surface area (Å²) in [5.41, 5.74) is 16.3. The molecule has 0 saturated heterocycles. The molecule has 0 fully saturated rings. The highest BCUT2D eigenvalue weighted by molar-refractivity contribution is 7.78. The SMILES string of the molecule is CP(=O)(c1ccccc1)c1ccccc1.Cc1cc2c(-c3ccccc3)nc3cc4ccccc4cc3c2c2ccccc12.Cc1cc2nc3ccccc3cc2c2ccccc12.Cc1ccc2c(c1)c(-c1ccccc1)nc1ccc3c4ccccc4oc3c12.Cc1nc2c3ccccc3ccc2c2c1ccc1ccccc12. The standard InChI is InChI=1S/C28H19N.C26H17NO.C22H15N.C18H13N.C13H13OP/c1-18-15-25-27(23-14-8-7-13-22(18)23)24-16-20-11-5-6-12-21(20)17-26(24)29-28(25)19-9-3-2-4-10-19;1-16-11-12-19-21(15-16)25(17-7-3-2-4-8-17)27-22-14-13-20-18-9-5-6-10-23(18)28-26(20)24(19)22;1-14-17-12-10-15-6-2-4-8-18(15)21(17)20-13-11-16-7-3-5-9-19(16)22(20)23-14;1-12-10-18-16(15-8-4-3-7-14(12)15)11-13-6-2-5-9-17(13)19-18;1-15(14,12-8-4-2-5-9-12)13-10-6-3-7-11-13/h2-17H,1H3;2-15H,1H3;2-13H,1H3;2-11H,1H3;2-11H,1H3. The van der Waals surface area contributed by atoms with Gasteiger partial charge in [0.15, 0.2) is 0 Å². The minimum atomic E-state index is -2.40. The van der Waals surface area contributed by atoms with Crippen LogP contribution in [0.4, 0.5) is 0 Å². The monoisotopic (exact) mass is 1480 g/mol. The lowest BCUT2D eigenvalue weighted by atomic mass is 9.92. The van der Waals surface area contributed by atoms with Crippen LogP contribution in [0.15, 0.2) is 381 Å². The van der Waals surface area contributed by atoms with Gasteiger partial charge in [-0.05, 0) is 160 Å². The molecule has 0 radical (unpaired) electrons. The average molecular weight is 1480 g/mol. The smallest absolute Gasteiger partial charge is 0.145 e. The highest BCUT2D eigenvalue weighted by atomic mass is 31.2. The van der Waals surface area contributed by atoms with E-state index in [0.29, 0.717) is 0 Å². The summed E-state index contributed by atoms with van der Waals surface area (Å²) in [5.74, 6) is 0. The van der Waals surface area contributed by atoms with Crippen LogP contribution in [0.1, 0.15) is 22.4 Å². The maximum Gasteiger partial charge on any atom is 0.145 e. The van der Waals surface area contributed by atoms with Gasteiger partial charge < -0.3 is 8.98 Å². The molecule has 0 atom stereocenters. The summed E-state index contributed by atoms with van der Waals surface area (Å²) in [6.07, 6.45) is 0. The van der Waals surface area contributed by atoms with E-state index in [1.54, 1.807) is 0 Å². The molecule has 0 spiro atoms. The maximum atomic E-state index is 12.6. The van der Waals surface area contributed by atoms with Crippen molar-refractivity contribution in [3.8, 4) is 22.5 Å². The van der Waals surface area contributed by atoms with Gasteiger partial charge in [-0.2, -0.15) is 0 Å². The molecule has 0 saturated carbocycles. The predicted octanol–water partition coefficient (Wildman–Crippen LogP) is 28.4. The van der Waals surface area contributed by atoms with Gasteiger partial charge in [-0.25, -0.2) is 15.0 Å². The van der Waals surface area contributed by atoms with E-state index in [0.717, 1.165) is 99.1 Å². The van der Waals surface area contributed by atoms with Crippen molar-refractivity contribution in [3.63, 3.8) is 0 Å². The van der Waals surface area contributed by atoms with Gasteiger partial charge in [-0.15, -0.1) is 0 Å². The van der Waals surface area contributed by atoms with Crippen molar-refractivity contribution in [2.75, 3.05) is 6.66 Å². The van der Waals surface area contributed by atoms with Gasteiger partial charge >= 0.3 is 0 Å². The number of aryl methyl sites for hydroxylation is 4. The first-order chi connectivity index (χ1) is 55.9. The fraction of sp³-hybridized carbons (Fsp3) is 0.0467. The van der Waals surface area contributed by atoms with Gasteiger partial charge in [0.2, 0.25) is 0 Å². The second-order valence-corrected chi connectivity index (χ2v) is 32.6. The summed E-state index contributed by atoms with van der Waals surface area (Å²) in [5, 5.41) is 30.2. The molecule has 18 aromatic carbocycles. The van der Waals surface area contributed by atoms with Gasteiger partial charge in [0.05, 0.1) is 44.4 Å². The van der Waals surface area contributed by atoms with E-state index in [4.69, 9.17) is 24.4 Å². The van der Waals surface area contributed by atoms with Gasteiger partial charge in [0.1, 0.15) is 18.3 Å². The Hall–Kier alpha value is -14.0. The van der Waals surface area contributed by atoms with Gasteiger partial charge in [-0.1, -0.05) is 321 Å². The molecule has 542 valence electrons. The van der Waals surface area contributed by atoms with Gasteiger partial charge in [0, 0.05) is 92.1 Å². The number of pyridine rings is 4. The van der Waals surface area contributed by atoms with Crippen LogP contribution in [-0.4, -0.2) is 26.6 Å². The zero-order valence-electron chi connectivity index (χ0n) is 63.8. The summed E-state index contributed by atoms with van der Waals surface area (Å²) in [6.45, 7) is 10.4. The van der Waals surface area contributed by atoms with Crippen LogP contribution in [0.25, 0.3) is 185 Å². The van der Waals surface area contributed by atoms with E-state index in [1.807, 2.05) is 91.6 Å². The summed E-state index contributed by atoms with van der Waals surface area (Å²) in [7, 11) is -2.40. The van der Waals surface area contributed by atoms with E-state index in [9.17, 15) is 4.57 Å². The zero-order valence-corrected chi connectivity index (χ0v) is 64.7. The topological polar surface area (TPSA) is 81.8 Å². The van der Waals surface area contributed by atoms with Crippen molar-refractivity contribution in [1.82, 2.24) is 19.9 Å². The molecule has 0 aliphatic heterocycles. The Bertz CT molecular complexity index is 7720. The third-order valence-electron chi connectivity index (χ3n) is 22.4. The first-order valence-electron chi connectivity index (χ1n) is 38.8. The second-order valence-electron chi connectivity index (χ2n) is 29.7. The van der Waals surface area contributed by atoms with Crippen LogP contribution in [0.5, 0.6) is 0 Å². The van der Waals surface area contributed by atoms with Crippen molar-refractivity contribution in [1.29, 1.82) is 0 Å². The van der Waals surface area contributed by atoms with E-state index in [1.165, 1.54) is 119 Å². The fourth-order valence-electron chi connectivity index (χ4n) is 16.8. The average Bonchev–Trinajstić information content (AvgIpc) is 0.979. The molecule has 23 aromatic rings. The summed E-state index contributed by atoms with van der Waals surface area (Å²) in [4.78, 5) is 20.0. The number of rotatable bonds is 4. The first kappa shape index (κ1) is 70.4. The van der Waals surface area contributed by atoms with Gasteiger partial charge in [0.25, 0.3) is 0 Å². The Morgan fingerprint density at radius 1 is 0.254 bits per heavy atom. The molecule has 5 aromatic heterocycles. The van der Waals surface area contributed by atoms with Crippen molar-refractivity contribution in [2.45, 2.75) is 27.7 Å². The van der Waals surface area contributed by atoms with Crippen molar-refractivity contribution in [2.24, 2.45) is 0 Å². The van der Waals surface area contributed by atoms with E-state index in [2.05, 4.69) is 319 Å². The van der Waals surface area contributed by atoms with Crippen LogP contribution >= 0.6 is 7.14 Å². The highest BCUT2D eigenvalue weighted by Gasteiger charge is 2.22. The Morgan fingerprint density at radius 3 is 1.39 bits per heavy atom. The van der Waals surface area contributed by atoms with Gasteiger partial charge in [-0.3, -0.25) is 4.98 Å². The Labute approximate surface area is 660 Å². The minimum absolute atomic E-state index is 0.913. The van der Waals surface area contributed by atoms with Crippen LogP contribution in [-0.2, 0) is 4.57 Å². The summed E-state index contributed by atoms with van der Waals surface area (Å²) >= 11 is 0. The second kappa shape index (κ2) is 29.7. The Morgan fingerprint density at radius 2 is 0.711 bits per heavy atom. The summed E-state index contributed by atoms with van der Waals surface area (Å²) in [6, 6.07) is 131. The lowest BCUT2D eigenvalue weighted by Crippen LogP contribution is -2.14. The Kier molecular flexibility index (Phi) is 18.3. The van der Waals surface area contributed by atoms with E-state index < -0.39 is 7.14 Å². The molecule has 114 heavy (non-hydrogen) atoms. The normalized spacial score (nSPS) is 11.6. The molecule has 6 nitrogen and oxygen atoms in total. The number of fused-ring (bicyclic) bond motifs is 24. The van der Waals surface area contributed by atoms with Crippen LogP contribution in [0.3, 0.4) is 0 Å². The summed E-state index contributed by atoms with van der Waals surface area (Å²) < 4.78 is 18.9. The maximum absolute atomic E-state index is 12.6. The number of para-hydroxylation sites is 2. The largest absolute Gasteiger partial charge is 0.455 e. The van der Waals surface area contributed by atoms with Crippen LogP contribution < -0.4 is 10.6 Å². The van der Waals surface area contributed by atoms with Crippen LogP contribution in [0, 0.1) is 27.7 Å². The third kappa shape index (κ3) is 12.9. The highest BCUT2D eigenvalue weighted by Crippen LogP contribution is 2.44. The minimum Gasteiger partial charge on any atom is -0.455 e. The molecule has 0 bridgehead atoms. The lowest BCUT2D eigenvalue weighted by molar-refractivity contribution is 0.590. The number of hydrogen-bond acceptors (Lipinski definition) is 6. The quantitative estimate of drug-likeness (QED) is 0.0992. The van der Waals surface area contributed by atoms with E-state index in [-0.39, 0.29) is 0 Å². The van der Waals surface area contributed by atoms with Crippen molar-refractivity contribution >= 4 is 180 Å².